The Labute approximate surface area is 317 Å². The van der Waals surface area contributed by atoms with Crippen LogP contribution in [0.2, 0.25) is 0 Å². The maximum atomic E-state index is 6.68. The number of rotatable bonds is 36. The molecule has 1 saturated heterocycles. The number of likely N-dealkylation sites (tertiary alicyclic amines) is 1. The van der Waals surface area contributed by atoms with E-state index in [1.54, 1.807) is 0 Å². The van der Waals surface area contributed by atoms with E-state index >= 15 is 0 Å². The van der Waals surface area contributed by atoms with E-state index in [-0.39, 0.29) is 11.1 Å². The minimum Gasteiger partial charge on any atom is -0.378 e. The zero-order chi connectivity index (χ0) is 36.8. The Hall–Kier alpha value is -0.120. The number of ether oxygens (including phenoxy) is 2. The SMILES string of the molecule is CCCCCCCCCCCCCCCCCCOC(CCCCCCCCCCCCCC)CCCOC1C(C)CC(C)(C)N(C)C1(C)C. The predicted molar refractivity (Wildman–Crippen MR) is 224 cm³/mol. The Morgan fingerprint density at radius 3 is 1.28 bits per heavy atom. The lowest BCUT2D eigenvalue weighted by molar-refractivity contribution is -0.147. The van der Waals surface area contributed by atoms with Crippen LogP contribution in [0.25, 0.3) is 0 Å². The third kappa shape index (κ3) is 23.5. The molecule has 0 aromatic heterocycles. The summed E-state index contributed by atoms with van der Waals surface area (Å²) in [6.07, 6.45) is 45.1. The summed E-state index contributed by atoms with van der Waals surface area (Å²) in [5, 5.41) is 0. The van der Waals surface area contributed by atoms with Gasteiger partial charge < -0.3 is 9.47 Å². The lowest BCUT2D eigenvalue weighted by Gasteiger charge is -2.57. The van der Waals surface area contributed by atoms with Gasteiger partial charge in [-0.1, -0.05) is 194 Å². The van der Waals surface area contributed by atoms with E-state index in [0.717, 1.165) is 26.1 Å². The van der Waals surface area contributed by atoms with Crippen molar-refractivity contribution in [2.75, 3.05) is 20.3 Å². The molecule has 0 spiro atoms. The van der Waals surface area contributed by atoms with Gasteiger partial charge in [0.05, 0.1) is 12.2 Å². The lowest BCUT2D eigenvalue weighted by Crippen LogP contribution is -2.66. The van der Waals surface area contributed by atoms with Crippen LogP contribution in [0.15, 0.2) is 0 Å². The summed E-state index contributed by atoms with van der Waals surface area (Å²) in [5.74, 6) is 0.583. The van der Waals surface area contributed by atoms with E-state index in [0.29, 0.717) is 18.1 Å². The first-order valence-corrected chi connectivity index (χ1v) is 23.1. The van der Waals surface area contributed by atoms with Crippen molar-refractivity contribution in [2.45, 2.75) is 277 Å². The zero-order valence-corrected chi connectivity index (χ0v) is 36.0. The fourth-order valence-electron chi connectivity index (χ4n) is 9.01. The molecule has 0 aromatic carbocycles. The van der Waals surface area contributed by atoms with Crippen molar-refractivity contribution >= 4 is 0 Å². The molecule has 0 saturated carbocycles. The normalized spacial score (nSPS) is 19.7. The molecule has 1 fully saturated rings. The highest BCUT2D eigenvalue weighted by atomic mass is 16.5. The summed E-state index contributed by atoms with van der Waals surface area (Å²) in [6, 6.07) is 0. The van der Waals surface area contributed by atoms with Gasteiger partial charge in [0.1, 0.15) is 0 Å². The number of piperidine rings is 1. The topological polar surface area (TPSA) is 21.7 Å². The summed E-state index contributed by atoms with van der Waals surface area (Å²) in [4.78, 5) is 2.56. The molecule has 3 nitrogen and oxygen atoms in total. The van der Waals surface area contributed by atoms with Gasteiger partial charge in [-0.25, -0.2) is 0 Å². The summed E-state index contributed by atoms with van der Waals surface area (Å²) in [5.41, 5.74) is 0.280. The molecule has 0 aliphatic carbocycles. The molecule has 1 rings (SSSR count). The highest BCUT2D eigenvalue weighted by Crippen LogP contribution is 2.41. The van der Waals surface area contributed by atoms with Crippen LogP contribution in [-0.2, 0) is 9.47 Å². The maximum Gasteiger partial charge on any atom is 0.0779 e. The molecule has 0 N–H and O–H groups in total. The summed E-state index contributed by atoms with van der Waals surface area (Å²) >= 11 is 0. The Kier molecular flexibility index (Phi) is 29.9. The molecular formula is C47H95NO2. The van der Waals surface area contributed by atoms with Crippen molar-refractivity contribution in [1.82, 2.24) is 4.90 Å². The number of unbranched alkanes of at least 4 members (excludes halogenated alkanes) is 26. The standard InChI is InChI=1S/C47H95NO2/c1-9-11-13-15-17-19-21-23-24-25-26-28-30-32-34-36-40-49-44(38-35-33-31-29-27-22-20-18-16-14-12-10-2)39-37-41-50-45-43(3)42-46(4,5)48(8)47(45,6)7/h43-45H,9-42H2,1-8H3. The monoisotopic (exact) mass is 706 g/mol. The molecule has 0 radical (unpaired) electrons. The number of hydrogen-bond donors (Lipinski definition) is 0. The Balaban J connectivity index is 2.25. The molecule has 0 bridgehead atoms. The van der Waals surface area contributed by atoms with Crippen LogP contribution in [0.5, 0.6) is 0 Å². The van der Waals surface area contributed by atoms with Crippen molar-refractivity contribution in [1.29, 1.82) is 0 Å². The second-order valence-corrected chi connectivity index (χ2v) is 18.1. The first-order chi connectivity index (χ1) is 24.2. The molecule has 3 unspecified atom stereocenters. The Morgan fingerprint density at radius 2 is 0.860 bits per heavy atom. The minimum absolute atomic E-state index is 0.0549. The van der Waals surface area contributed by atoms with Crippen molar-refractivity contribution in [2.24, 2.45) is 5.92 Å². The van der Waals surface area contributed by atoms with Crippen LogP contribution in [-0.4, -0.2) is 48.4 Å². The molecule has 1 aliphatic heterocycles. The highest BCUT2D eigenvalue weighted by molar-refractivity contribution is 5.03. The van der Waals surface area contributed by atoms with Crippen LogP contribution in [0.3, 0.4) is 0 Å². The first kappa shape index (κ1) is 47.9. The Morgan fingerprint density at radius 1 is 0.500 bits per heavy atom. The van der Waals surface area contributed by atoms with Gasteiger partial charge in [0.2, 0.25) is 0 Å². The van der Waals surface area contributed by atoms with Gasteiger partial charge in [-0.3, -0.25) is 4.90 Å². The summed E-state index contributed by atoms with van der Waals surface area (Å²) in [7, 11) is 2.29. The average Bonchev–Trinajstić information content (AvgIpc) is 3.08. The molecular weight excluding hydrogens is 611 g/mol. The molecule has 1 heterocycles. The van der Waals surface area contributed by atoms with Crippen LogP contribution in [0.4, 0.5) is 0 Å². The maximum absolute atomic E-state index is 6.68. The van der Waals surface area contributed by atoms with Gasteiger partial charge in [0.15, 0.2) is 0 Å². The van der Waals surface area contributed by atoms with Gasteiger partial charge >= 0.3 is 0 Å². The molecule has 50 heavy (non-hydrogen) atoms. The predicted octanol–water partition coefficient (Wildman–Crippen LogP) is 15.4. The van der Waals surface area contributed by atoms with Gasteiger partial charge in [0, 0.05) is 24.3 Å². The van der Waals surface area contributed by atoms with Gasteiger partial charge in [-0.2, -0.15) is 0 Å². The fraction of sp³-hybridized carbons (Fsp3) is 1.00. The van der Waals surface area contributed by atoms with E-state index < -0.39 is 0 Å². The number of likely N-dealkylation sites (N-methyl/N-ethyl adjacent to an activating group) is 1. The van der Waals surface area contributed by atoms with Crippen LogP contribution >= 0.6 is 0 Å². The largest absolute Gasteiger partial charge is 0.378 e. The van der Waals surface area contributed by atoms with E-state index in [4.69, 9.17) is 9.47 Å². The molecule has 3 atom stereocenters. The van der Waals surface area contributed by atoms with Crippen molar-refractivity contribution in [3.05, 3.63) is 0 Å². The van der Waals surface area contributed by atoms with E-state index in [2.05, 4.69) is 60.4 Å². The summed E-state index contributed by atoms with van der Waals surface area (Å²) in [6.45, 7) is 18.4. The van der Waals surface area contributed by atoms with E-state index in [1.807, 2.05) is 0 Å². The van der Waals surface area contributed by atoms with Crippen molar-refractivity contribution in [3.8, 4) is 0 Å². The van der Waals surface area contributed by atoms with Crippen molar-refractivity contribution in [3.63, 3.8) is 0 Å². The third-order valence-corrected chi connectivity index (χ3v) is 12.5. The first-order valence-electron chi connectivity index (χ1n) is 23.1. The average molecular weight is 706 g/mol. The number of hydrogen-bond acceptors (Lipinski definition) is 3. The molecule has 3 heteroatoms. The van der Waals surface area contributed by atoms with E-state index in [1.165, 1.54) is 193 Å². The Bertz CT molecular complexity index is 720. The second kappa shape index (κ2) is 31.3. The quantitative estimate of drug-likeness (QED) is 0.0606. The molecule has 1 aliphatic rings. The highest BCUT2D eigenvalue weighted by Gasteiger charge is 2.49. The smallest absolute Gasteiger partial charge is 0.0779 e. The summed E-state index contributed by atoms with van der Waals surface area (Å²) < 4.78 is 13.3. The third-order valence-electron chi connectivity index (χ3n) is 12.5. The van der Waals surface area contributed by atoms with Gasteiger partial charge in [-0.05, 0) is 72.8 Å². The minimum atomic E-state index is 0.0549. The molecule has 0 amide bonds. The van der Waals surface area contributed by atoms with Crippen LogP contribution in [0.1, 0.15) is 254 Å². The van der Waals surface area contributed by atoms with Crippen LogP contribution < -0.4 is 0 Å². The molecule has 0 aromatic rings. The van der Waals surface area contributed by atoms with Crippen LogP contribution in [0, 0.1) is 5.92 Å². The zero-order valence-electron chi connectivity index (χ0n) is 36.0. The second-order valence-electron chi connectivity index (χ2n) is 18.1. The number of nitrogens with zero attached hydrogens (tertiary/aromatic N) is 1. The van der Waals surface area contributed by atoms with Crippen molar-refractivity contribution < 1.29 is 9.47 Å². The van der Waals surface area contributed by atoms with Gasteiger partial charge in [0.25, 0.3) is 0 Å². The van der Waals surface area contributed by atoms with Gasteiger partial charge in [-0.15, -0.1) is 0 Å². The lowest BCUT2D eigenvalue weighted by atomic mass is 9.72. The fourth-order valence-corrected chi connectivity index (χ4v) is 9.01. The van der Waals surface area contributed by atoms with E-state index in [9.17, 15) is 0 Å². The molecule has 300 valence electrons.